The number of hydrogen-bond donors (Lipinski definition) is 0. The smallest absolute Gasteiger partial charge is 0.431 e. The zero-order valence-electron chi connectivity index (χ0n) is 20.5. The topological polar surface area (TPSA) is 54.0 Å². The standard InChI is InChI=1S/C29H36O5/c1-4-7-21-31-29(32-22-8-5-2,34-25-19-17-23(12-6-3)18-20-25)28(30)33-27-16-11-14-24-13-9-10-15-26(24)27/h9-11,13-20H,4-8,12,21-22H2,1-3H3. The summed E-state index contributed by atoms with van der Waals surface area (Å²) in [6.45, 7) is 6.87. The normalized spacial score (nSPS) is 11.5. The van der Waals surface area contributed by atoms with Crippen LogP contribution in [0, 0.1) is 0 Å². The molecule has 0 amide bonds. The number of carbonyl (C=O) groups is 1. The number of hydrogen-bond acceptors (Lipinski definition) is 5. The lowest BCUT2D eigenvalue weighted by Gasteiger charge is -2.31. The summed E-state index contributed by atoms with van der Waals surface area (Å²) in [5.41, 5.74) is 1.21. The molecule has 0 heterocycles. The zero-order chi connectivity index (χ0) is 24.2. The number of unbranched alkanes of at least 4 members (excludes halogenated alkanes) is 2. The van der Waals surface area contributed by atoms with Crippen LogP contribution in [0.4, 0.5) is 0 Å². The first-order valence-corrected chi connectivity index (χ1v) is 12.4. The summed E-state index contributed by atoms with van der Waals surface area (Å²) in [5.74, 6) is -1.79. The second kappa shape index (κ2) is 13.1. The summed E-state index contributed by atoms with van der Waals surface area (Å²) < 4.78 is 24.1. The maximum atomic E-state index is 13.6. The van der Waals surface area contributed by atoms with Gasteiger partial charge in [-0.15, -0.1) is 0 Å². The average molecular weight is 465 g/mol. The minimum Gasteiger partial charge on any atom is -0.431 e. The Labute approximate surface area is 203 Å². The zero-order valence-corrected chi connectivity index (χ0v) is 20.5. The number of carbonyl (C=O) groups excluding carboxylic acids is 1. The van der Waals surface area contributed by atoms with Gasteiger partial charge in [-0.3, -0.25) is 0 Å². The van der Waals surface area contributed by atoms with Gasteiger partial charge in [0, 0.05) is 5.39 Å². The molecule has 0 radical (unpaired) electrons. The van der Waals surface area contributed by atoms with E-state index >= 15 is 0 Å². The predicted molar refractivity (Wildman–Crippen MR) is 135 cm³/mol. The maximum Gasteiger partial charge on any atom is 0.432 e. The summed E-state index contributed by atoms with van der Waals surface area (Å²) in [4.78, 5) is 13.6. The lowest BCUT2D eigenvalue weighted by atomic mass is 10.1. The van der Waals surface area contributed by atoms with Crippen LogP contribution in [0.1, 0.15) is 58.4 Å². The van der Waals surface area contributed by atoms with Crippen LogP contribution < -0.4 is 9.47 Å². The molecule has 3 rings (SSSR count). The van der Waals surface area contributed by atoms with Crippen molar-refractivity contribution in [1.29, 1.82) is 0 Å². The molecule has 34 heavy (non-hydrogen) atoms. The Morgan fingerprint density at radius 3 is 2.06 bits per heavy atom. The van der Waals surface area contributed by atoms with Gasteiger partial charge in [-0.05, 0) is 48.4 Å². The van der Waals surface area contributed by atoms with E-state index in [9.17, 15) is 4.79 Å². The summed E-state index contributed by atoms with van der Waals surface area (Å²) in [6.07, 6.45) is 5.39. The van der Waals surface area contributed by atoms with E-state index < -0.39 is 11.9 Å². The lowest BCUT2D eigenvalue weighted by molar-refractivity contribution is -0.327. The van der Waals surface area contributed by atoms with Gasteiger partial charge in [0.25, 0.3) is 0 Å². The molecule has 0 N–H and O–H groups in total. The quantitative estimate of drug-likeness (QED) is 0.111. The van der Waals surface area contributed by atoms with Gasteiger partial charge in [-0.25, -0.2) is 4.79 Å². The van der Waals surface area contributed by atoms with Crippen molar-refractivity contribution in [3.8, 4) is 11.5 Å². The van der Waals surface area contributed by atoms with Crippen molar-refractivity contribution in [2.75, 3.05) is 13.2 Å². The van der Waals surface area contributed by atoms with E-state index in [0.29, 0.717) is 24.7 Å². The van der Waals surface area contributed by atoms with Gasteiger partial charge in [-0.2, -0.15) is 0 Å². The Balaban J connectivity index is 1.93. The highest BCUT2D eigenvalue weighted by atomic mass is 16.9. The maximum absolute atomic E-state index is 13.6. The summed E-state index contributed by atoms with van der Waals surface area (Å²) >= 11 is 0. The molecule has 0 saturated carbocycles. The van der Waals surface area contributed by atoms with Crippen LogP contribution in [0.2, 0.25) is 0 Å². The largest absolute Gasteiger partial charge is 0.432 e. The van der Waals surface area contributed by atoms with Crippen LogP contribution in [-0.4, -0.2) is 25.2 Å². The van der Waals surface area contributed by atoms with Crippen LogP contribution in [0.3, 0.4) is 0 Å². The fourth-order valence-electron chi connectivity index (χ4n) is 3.58. The fraction of sp³-hybridized carbons (Fsp3) is 0.414. The molecule has 0 aliphatic heterocycles. The van der Waals surface area contributed by atoms with Crippen LogP contribution in [0.5, 0.6) is 11.5 Å². The Morgan fingerprint density at radius 1 is 0.765 bits per heavy atom. The molecular weight excluding hydrogens is 428 g/mol. The highest BCUT2D eigenvalue weighted by Crippen LogP contribution is 2.29. The summed E-state index contributed by atoms with van der Waals surface area (Å²) in [7, 11) is 0. The van der Waals surface area contributed by atoms with E-state index in [1.165, 1.54) is 5.56 Å². The molecule has 0 atom stereocenters. The predicted octanol–water partition coefficient (Wildman–Crippen LogP) is 7.06. The van der Waals surface area contributed by atoms with Crippen LogP contribution in [-0.2, 0) is 20.7 Å². The van der Waals surface area contributed by atoms with Gasteiger partial charge in [0.15, 0.2) is 0 Å². The Morgan fingerprint density at radius 2 is 1.41 bits per heavy atom. The summed E-state index contributed by atoms with van der Waals surface area (Å²) in [5, 5.41) is 1.81. The van der Waals surface area contributed by atoms with Gasteiger partial charge < -0.3 is 18.9 Å². The van der Waals surface area contributed by atoms with Gasteiger partial charge in [0.2, 0.25) is 0 Å². The molecule has 0 bridgehead atoms. The molecule has 0 saturated heterocycles. The number of ether oxygens (including phenoxy) is 4. The number of fused-ring (bicyclic) bond motifs is 1. The van der Waals surface area contributed by atoms with E-state index in [-0.39, 0.29) is 0 Å². The van der Waals surface area contributed by atoms with E-state index in [4.69, 9.17) is 18.9 Å². The molecule has 3 aromatic carbocycles. The van der Waals surface area contributed by atoms with Gasteiger partial charge in [-0.1, -0.05) is 88.6 Å². The molecule has 5 nitrogen and oxygen atoms in total. The second-order valence-electron chi connectivity index (χ2n) is 8.32. The highest BCUT2D eigenvalue weighted by molar-refractivity contribution is 5.91. The third kappa shape index (κ3) is 6.81. The second-order valence-corrected chi connectivity index (χ2v) is 8.32. The molecule has 0 aliphatic carbocycles. The molecule has 5 heteroatoms. The molecule has 0 unspecified atom stereocenters. The SMILES string of the molecule is CCCCOC(OCCCC)(Oc1ccc(CCC)cc1)C(=O)Oc1cccc2ccccc12. The van der Waals surface area contributed by atoms with E-state index in [0.717, 1.165) is 49.3 Å². The van der Waals surface area contributed by atoms with Crippen molar-refractivity contribution in [2.24, 2.45) is 0 Å². The van der Waals surface area contributed by atoms with Gasteiger partial charge in [0.05, 0.1) is 13.2 Å². The fourth-order valence-corrected chi connectivity index (χ4v) is 3.58. The molecule has 3 aromatic rings. The number of esters is 1. The van der Waals surface area contributed by atoms with Gasteiger partial charge in [0.1, 0.15) is 11.5 Å². The first-order chi connectivity index (χ1) is 16.6. The molecule has 0 aromatic heterocycles. The van der Waals surface area contributed by atoms with Gasteiger partial charge >= 0.3 is 11.9 Å². The third-order valence-corrected chi connectivity index (χ3v) is 5.50. The Bertz CT molecular complexity index is 1010. The highest BCUT2D eigenvalue weighted by Gasteiger charge is 2.47. The van der Waals surface area contributed by atoms with Crippen molar-refractivity contribution in [2.45, 2.75) is 65.3 Å². The first-order valence-electron chi connectivity index (χ1n) is 12.4. The van der Waals surface area contributed by atoms with Crippen LogP contribution in [0.25, 0.3) is 10.8 Å². The lowest BCUT2D eigenvalue weighted by Crippen LogP contribution is -2.52. The molecule has 0 fully saturated rings. The van der Waals surface area contributed by atoms with Crippen molar-refractivity contribution in [1.82, 2.24) is 0 Å². The molecule has 0 spiro atoms. The number of benzene rings is 3. The molecular formula is C29H36O5. The van der Waals surface area contributed by atoms with Crippen molar-refractivity contribution < 1.29 is 23.7 Å². The Hall–Kier alpha value is -2.89. The molecule has 0 aliphatic rings. The minimum atomic E-state index is -1.99. The number of rotatable bonds is 14. The van der Waals surface area contributed by atoms with Crippen LogP contribution >= 0.6 is 0 Å². The van der Waals surface area contributed by atoms with Crippen LogP contribution in [0.15, 0.2) is 66.7 Å². The van der Waals surface area contributed by atoms with Crippen molar-refractivity contribution in [3.63, 3.8) is 0 Å². The van der Waals surface area contributed by atoms with Crippen molar-refractivity contribution in [3.05, 3.63) is 72.3 Å². The van der Waals surface area contributed by atoms with E-state index in [1.54, 1.807) is 6.07 Å². The molecule has 182 valence electrons. The summed E-state index contributed by atoms with van der Waals surface area (Å²) in [6, 6.07) is 21.0. The minimum absolute atomic E-state index is 0.307. The average Bonchev–Trinajstić information content (AvgIpc) is 2.86. The Kier molecular flexibility index (Phi) is 9.92. The van der Waals surface area contributed by atoms with E-state index in [1.807, 2.05) is 60.7 Å². The monoisotopic (exact) mass is 464 g/mol. The van der Waals surface area contributed by atoms with E-state index in [2.05, 4.69) is 20.8 Å². The number of aryl methyl sites for hydroxylation is 1. The first kappa shape index (κ1) is 25.7. The third-order valence-electron chi connectivity index (χ3n) is 5.50. The van der Waals surface area contributed by atoms with Crippen molar-refractivity contribution >= 4 is 16.7 Å².